The lowest BCUT2D eigenvalue weighted by Gasteiger charge is -2.39. The summed E-state index contributed by atoms with van der Waals surface area (Å²) in [5.41, 5.74) is 9.24. The molecule has 0 bridgehead atoms. The molecule has 0 aromatic heterocycles. The van der Waals surface area contributed by atoms with E-state index in [0.29, 0.717) is 12.1 Å². The molecule has 2 fully saturated rings. The normalized spacial score (nSPS) is 27.8. The number of likely N-dealkylation sites (N-methyl/N-ethyl adjacent to an activating group) is 1. The Morgan fingerprint density at radius 3 is 2.62 bits per heavy atom. The number of rotatable bonds is 5. The van der Waals surface area contributed by atoms with Crippen LogP contribution >= 0.6 is 0 Å². The van der Waals surface area contributed by atoms with Crippen molar-refractivity contribution in [2.45, 2.75) is 63.5 Å². The van der Waals surface area contributed by atoms with Crippen molar-refractivity contribution < 1.29 is 0 Å². The maximum Gasteiger partial charge on any atom is 0.0473 e. The molecule has 0 heterocycles. The summed E-state index contributed by atoms with van der Waals surface area (Å²) < 4.78 is 0. The molecule has 2 heteroatoms. The summed E-state index contributed by atoms with van der Waals surface area (Å²) in [5.74, 6) is 1.66. The van der Waals surface area contributed by atoms with Gasteiger partial charge in [0.1, 0.15) is 0 Å². The van der Waals surface area contributed by atoms with E-state index < -0.39 is 0 Å². The van der Waals surface area contributed by atoms with E-state index in [1.54, 1.807) is 5.56 Å². The molecular formula is C19H30N2. The van der Waals surface area contributed by atoms with Gasteiger partial charge in [-0.15, -0.1) is 0 Å². The fraction of sp³-hybridized carbons (Fsp3) is 0.684. The third-order valence-corrected chi connectivity index (χ3v) is 5.57. The Morgan fingerprint density at radius 1 is 1.19 bits per heavy atom. The van der Waals surface area contributed by atoms with Crippen LogP contribution in [0.2, 0.25) is 0 Å². The van der Waals surface area contributed by atoms with Crippen LogP contribution in [-0.4, -0.2) is 24.5 Å². The van der Waals surface area contributed by atoms with Gasteiger partial charge < -0.3 is 5.73 Å². The van der Waals surface area contributed by atoms with Crippen LogP contribution in [-0.2, 0) is 0 Å². The minimum absolute atomic E-state index is 0.386. The molecule has 0 saturated heterocycles. The van der Waals surface area contributed by atoms with Gasteiger partial charge in [-0.05, 0) is 55.7 Å². The van der Waals surface area contributed by atoms with E-state index in [-0.39, 0.29) is 0 Å². The molecule has 2 aliphatic rings. The summed E-state index contributed by atoms with van der Waals surface area (Å²) in [4.78, 5) is 2.58. The van der Waals surface area contributed by atoms with Crippen LogP contribution in [0.4, 0.5) is 0 Å². The van der Waals surface area contributed by atoms with Gasteiger partial charge >= 0.3 is 0 Å². The van der Waals surface area contributed by atoms with Crippen LogP contribution in [0.3, 0.4) is 0 Å². The van der Waals surface area contributed by atoms with Crippen molar-refractivity contribution in [1.82, 2.24) is 4.90 Å². The summed E-state index contributed by atoms with van der Waals surface area (Å²) in [6.45, 7) is 3.13. The predicted molar refractivity (Wildman–Crippen MR) is 89.4 cm³/mol. The van der Waals surface area contributed by atoms with E-state index in [4.69, 9.17) is 5.73 Å². The van der Waals surface area contributed by atoms with Crippen LogP contribution in [0.1, 0.15) is 68.5 Å². The van der Waals surface area contributed by atoms with E-state index in [1.807, 2.05) is 0 Å². The third kappa shape index (κ3) is 3.32. The van der Waals surface area contributed by atoms with Crippen LogP contribution < -0.4 is 5.73 Å². The number of nitrogens with two attached hydrogens (primary N) is 1. The average molecular weight is 286 g/mol. The van der Waals surface area contributed by atoms with Crippen LogP contribution in [0, 0.1) is 5.92 Å². The molecule has 0 amide bonds. The molecule has 2 saturated carbocycles. The molecule has 0 aliphatic heterocycles. The van der Waals surface area contributed by atoms with Crippen molar-refractivity contribution in [3.63, 3.8) is 0 Å². The Morgan fingerprint density at radius 2 is 1.95 bits per heavy atom. The first-order chi connectivity index (χ1) is 10.2. The van der Waals surface area contributed by atoms with E-state index in [0.717, 1.165) is 18.4 Å². The van der Waals surface area contributed by atoms with Crippen molar-refractivity contribution in [3.05, 3.63) is 35.4 Å². The molecular weight excluding hydrogens is 256 g/mol. The highest BCUT2D eigenvalue weighted by Crippen LogP contribution is 2.44. The van der Waals surface area contributed by atoms with Gasteiger partial charge in [-0.3, -0.25) is 4.90 Å². The quantitative estimate of drug-likeness (QED) is 0.884. The SMILES string of the molecule is CC1CCCC(N(C)C(CN)c2ccccc2C2CC2)C1. The fourth-order valence-corrected chi connectivity index (χ4v) is 4.12. The first-order valence-corrected chi connectivity index (χ1v) is 8.71. The van der Waals surface area contributed by atoms with E-state index in [9.17, 15) is 0 Å². The van der Waals surface area contributed by atoms with Gasteiger partial charge in [0.25, 0.3) is 0 Å². The average Bonchev–Trinajstić information content (AvgIpc) is 3.33. The molecule has 2 N–H and O–H groups in total. The second-order valence-corrected chi connectivity index (χ2v) is 7.25. The number of benzene rings is 1. The lowest BCUT2D eigenvalue weighted by atomic mass is 9.85. The Balaban J connectivity index is 1.80. The zero-order valence-electron chi connectivity index (χ0n) is 13.6. The van der Waals surface area contributed by atoms with Crippen LogP contribution in [0.5, 0.6) is 0 Å². The number of hydrogen-bond donors (Lipinski definition) is 1. The number of nitrogens with zero attached hydrogens (tertiary/aromatic N) is 1. The standard InChI is InChI=1S/C19H30N2/c1-14-6-5-7-16(12-14)21(2)19(13-20)18-9-4-3-8-17(18)15-10-11-15/h3-4,8-9,14-16,19H,5-7,10-13,20H2,1-2H3. The first kappa shape index (κ1) is 15.1. The van der Waals surface area contributed by atoms with Crippen molar-refractivity contribution in [1.29, 1.82) is 0 Å². The highest BCUT2D eigenvalue weighted by molar-refractivity contribution is 5.36. The molecule has 1 aromatic carbocycles. The second kappa shape index (κ2) is 6.50. The molecule has 2 aliphatic carbocycles. The summed E-state index contributed by atoms with van der Waals surface area (Å²) in [6, 6.07) is 10.1. The summed E-state index contributed by atoms with van der Waals surface area (Å²) in [7, 11) is 2.30. The van der Waals surface area contributed by atoms with Crippen molar-refractivity contribution >= 4 is 0 Å². The van der Waals surface area contributed by atoms with E-state index in [1.165, 1.54) is 44.1 Å². The zero-order chi connectivity index (χ0) is 14.8. The Hall–Kier alpha value is -0.860. The largest absolute Gasteiger partial charge is 0.329 e. The molecule has 116 valence electrons. The predicted octanol–water partition coefficient (Wildman–Crippen LogP) is 4.07. The van der Waals surface area contributed by atoms with Crippen molar-refractivity contribution in [2.75, 3.05) is 13.6 Å². The molecule has 3 rings (SSSR count). The number of hydrogen-bond acceptors (Lipinski definition) is 2. The van der Waals surface area contributed by atoms with Crippen LogP contribution in [0.25, 0.3) is 0 Å². The summed E-state index contributed by atoms with van der Waals surface area (Å²) in [6.07, 6.45) is 8.16. The van der Waals surface area contributed by atoms with Gasteiger partial charge in [-0.2, -0.15) is 0 Å². The van der Waals surface area contributed by atoms with Crippen molar-refractivity contribution in [3.8, 4) is 0 Å². The van der Waals surface area contributed by atoms with Gasteiger partial charge in [0.15, 0.2) is 0 Å². The zero-order valence-corrected chi connectivity index (χ0v) is 13.6. The third-order valence-electron chi connectivity index (χ3n) is 5.57. The molecule has 0 radical (unpaired) electrons. The first-order valence-electron chi connectivity index (χ1n) is 8.71. The van der Waals surface area contributed by atoms with Crippen molar-refractivity contribution in [2.24, 2.45) is 11.7 Å². The lowest BCUT2D eigenvalue weighted by molar-refractivity contribution is 0.120. The van der Waals surface area contributed by atoms with Gasteiger partial charge in [-0.1, -0.05) is 44.0 Å². The lowest BCUT2D eigenvalue weighted by Crippen LogP contribution is -2.41. The molecule has 3 atom stereocenters. The minimum Gasteiger partial charge on any atom is -0.329 e. The Bertz CT molecular complexity index is 466. The summed E-state index contributed by atoms with van der Waals surface area (Å²) in [5, 5.41) is 0. The van der Waals surface area contributed by atoms with Gasteiger partial charge in [-0.25, -0.2) is 0 Å². The Kier molecular flexibility index (Phi) is 4.66. The maximum atomic E-state index is 6.19. The Labute approximate surface area is 129 Å². The molecule has 1 aromatic rings. The molecule has 0 spiro atoms. The van der Waals surface area contributed by atoms with Gasteiger partial charge in [0.05, 0.1) is 0 Å². The fourth-order valence-electron chi connectivity index (χ4n) is 4.12. The molecule has 21 heavy (non-hydrogen) atoms. The highest BCUT2D eigenvalue weighted by atomic mass is 15.2. The molecule has 2 nitrogen and oxygen atoms in total. The monoisotopic (exact) mass is 286 g/mol. The summed E-state index contributed by atoms with van der Waals surface area (Å²) >= 11 is 0. The minimum atomic E-state index is 0.386. The van der Waals surface area contributed by atoms with E-state index in [2.05, 4.69) is 43.1 Å². The topological polar surface area (TPSA) is 29.3 Å². The van der Waals surface area contributed by atoms with Gasteiger partial charge in [0.2, 0.25) is 0 Å². The highest BCUT2D eigenvalue weighted by Gasteiger charge is 2.32. The smallest absolute Gasteiger partial charge is 0.0473 e. The van der Waals surface area contributed by atoms with Gasteiger partial charge in [0, 0.05) is 18.6 Å². The second-order valence-electron chi connectivity index (χ2n) is 7.25. The maximum absolute atomic E-state index is 6.19. The van der Waals surface area contributed by atoms with E-state index >= 15 is 0 Å². The molecule has 3 unspecified atom stereocenters. The van der Waals surface area contributed by atoms with Crippen LogP contribution in [0.15, 0.2) is 24.3 Å².